The van der Waals surface area contributed by atoms with E-state index in [1.165, 1.54) is 0 Å². The van der Waals surface area contributed by atoms with Crippen molar-refractivity contribution in [3.05, 3.63) is 18.0 Å². The molecule has 1 amide bonds. The standard InChI is InChI=1S/C17H26N4O3/c1-3-6-21-12-17(9-14(21)16(23)24)4-7-20(8-5-17)15(22)13-10-18-19(2)11-13/h10-11,14H,3-9,12H2,1-2H3,(H,23,24)/t14-/m0/s1. The zero-order valence-electron chi connectivity index (χ0n) is 14.4. The van der Waals surface area contributed by atoms with E-state index in [-0.39, 0.29) is 17.4 Å². The number of amides is 1. The van der Waals surface area contributed by atoms with E-state index in [4.69, 9.17) is 0 Å². The summed E-state index contributed by atoms with van der Waals surface area (Å²) in [6, 6.07) is -0.370. The van der Waals surface area contributed by atoms with Crippen molar-refractivity contribution >= 4 is 11.9 Å². The molecule has 2 aliphatic heterocycles. The van der Waals surface area contributed by atoms with Crippen molar-refractivity contribution < 1.29 is 14.7 Å². The molecule has 2 saturated heterocycles. The minimum Gasteiger partial charge on any atom is -0.480 e. The Morgan fingerprint density at radius 3 is 2.62 bits per heavy atom. The first-order valence-corrected chi connectivity index (χ1v) is 8.69. The van der Waals surface area contributed by atoms with E-state index < -0.39 is 5.97 Å². The summed E-state index contributed by atoms with van der Waals surface area (Å²) >= 11 is 0. The Bertz CT molecular complexity index is 619. The van der Waals surface area contributed by atoms with Crippen LogP contribution in [0.4, 0.5) is 0 Å². The van der Waals surface area contributed by atoms with E-state index in [1.807, 2.05) is 4.90 Å². The Hall–Kier alpha value is -1.89. The fourth-order valence-electron chi connectivity index (χ4n) is 4.17. The maximum absolute atomic E-state index is 12.5. The molecule has 0 unspecified atom stereocenters. The zero-order valence-corrected chi connectivity index (χ0v) is 14.4. The van der Waals surface area contributed by atoms with E-state index >= 15 is 0 Å². The molecule has 1 aromatic rings. The summed E-state index contributed by atoms with van der Waals surface area (Å²) in [5.74, 6) is -0.690. The summed E-state index contributed by atoms with van der Waals surface area (Å²) in [4.78, 5) is 28.1. The number of aryl methyl sites for hydroxylation is 1. The smallest absolute Gasteiger partial charge is 0.320 e. The first-order chi connectivity index (χ1) is 11.4. The van der Waals surface area contributed by atoms with Gasteiger partial charge >= 0.3 is 5.97 Å². The van der Waals surface area contributed by atoms with Crippen molar-refractivity contribution in [2.45, 2.75) is 38.6 Å². The zero-order chi connectivity index (χ0) is 17.3. The molecule has 0 radical (unpaired) electrons. The van der Waals surface area contributed by atoms with E-state index in [1.54, 1.807) is 24.1 Å². The molecular weight excluding hydrogens is 308 g/mol. The van der Waals surface area contributed by atoms with Gasteiger partial charge in [-0.2, -0.15) is 5.10 Å². The van der Waals surface area contributed by atoms with Crippen molar-refractivity contribution in [2.24, 2.45) is 12.5 Å². The van der Waals surface area contributed by atoms with Gasteiger partial charge in [-0.3, -0.25) is 19.2 Å². The minimum atomic E-state index is -0.714. The van der Waals surface area contributed by atoms with Crippen LogP contribution in [-0.4, -0.2) is 68.8 Å². The maximum atomic E-state index is 12.5. The fourth-order valence-corrected chi connectivity index (χ4v) is 4.17. The molecule has 7 heteroatoms. The lowest BCUT2D eigenvalue weighted by molar-refractivity contribution is -0.142. The largest absolute Gasteiger partial charge is 0.480 e. The van der Waals surface area contributed by atoms with Crippen LogP contribution in [0.2, 0.25) is 0 Å². The molecule has 2 aliphatic rings. The predicted octanol–water partition coefficient (Wildman–Crippen LogP) is 1.21. The number of carboxylic acids is 1. The highest BCUT2D eigenvalue weighted by molar-refractivity contribution is 5.93. The number of carbonyl (C=O) groups excluding carboxylic acids is 1. The van der Waals surface area contributed by atoms with Crippen LogP contribution < -0.4 is 0 Å². The third kappa shape index (κ3) is 3.17. The van der Waals surface area contributed by atoms with Gasteiger partial charge in [-0.15, -0.1) is 0 Å². The van der Waals surface area contributed by atoms with Crippen LogP contribution >= 0.6 is 0 Å². The molecule has 1 aromatic heterocycles. The van der Waals surface area contributed by atoms with Crippen LogP contribution in [0.25, 0.3) is 0 Å². The molecule has 132 valence electrons. The Labute approximate surface area is 142 Å². The van der Waals surface area contributed by atoms with Gasteiger partial charge in [-0.05, 0) is 37.6 Å². The number of hydrogen-bond acceptors (Lipinski definition) is 4. The average molecular weight is 334 g/mol. The van der Waals surface area contributed by atoms with Crippen LogP contribution in [0.15, 0.2) is 12.4 Å². The number of likely N-dealkylation sites (tertiary alicyclic amines) is 2. The lowest BCUT2D eigenvalue weighted by Crippen LogP contribution is -2.44. The molecule has 0 aromatic carbocycles. The monoisotopic (exact) mass is 334 g/mol. The van der Waals surface area contributed by atoms with Gasteiger partial charge in [0.25, 0.3) is 5.91 Å². The molecule has 0 saturated carbocycles. The Morgan fingerprint density at radius 1 is 1.38 bits per heavy atom. The number of rotatable bonds is 4. The third-order valence-corrected chi connectivity index (χ3v) is 5.46. The number of aromatic nitrogens is 2. The lowest BCUT2D eigenvalue weighted by atomic mass is 9.76. The van der Waals surface area contributed by atoms with Gasteiger partial charge in [-0.25, -0.2) is 0 Å². The van der Waals surface area contributed by atoms with Gasteiger partial charge in [0, 0.05) is 32.9 Å². The highest BCUT2D eigenvalue weighted by atomic mass is 16.4. The summed E-state index contributed by atoms with van der Waals surface area (Å²) in [5, 5.41) is 13.6. The summed E-state index contributed by atoms with van der Waals surface area (Å²) in [5.41, 5.74) is 0.667. The molecule has 7 nitrogen and oxygen atoms in total. The Balaban J connectivity index is 1.64. The topological polar surface area (TPSA) is 78.7 Å². The predicted molar refractivity (Wildman–Crippen MR) is 88.7 cm³/mol. The molecule has 1 N–H and O–H groups in total. The molecule has 2 fully saturated rings. The van der Waals surface area contributed by atoms with Gasteiger partial charge in [-0.1, -0.05) is 6.92 Å². The molecule has 1 spiro atoms. The van der Waals surface area contributed by atoms with E-state index in [9.17, 15) is 14.7 Å². The fraction of sp³-hybridized carbons (Fsp3) is 0.706. The number of hydrogen-bond donors (Lipinski definition) is 1. The second-order valence-corrected chi connectivity index (χ2v) is 7.22. The summed E-state index contributed by atoms with van der Waals surface area (Å²) in [6.45, 7) is 5.14. The molecule has 3 rings (SSSR count). The van der Waals surface area contributed by atoms with E-state index in [0.29, 0.717) is 25.1 Å². The van der Waals surface area contributed by atoms with Crippen LogP contribution in [0.1, 0.15) is 43.0 Å². The molecular formula is C17H26N4O3. The highest BCUT2D eigenvalue weighted by Crippen LogP contribution is 2.43. The lowest BCUT2D eigenvalue weighted by Gasteiger charge is -2.39. The molecule has 0 bridgehead atoms. The van der Waals surface area contributed by atoms with Crippen molar-refractivity contribution in [1.82, 2.24) is 19.6 Å². The van der Waals surface area contributed by atoms with Crippen LogP contribution in [0.3, 0.4) is 0 Å². The number of carbonyl (C=O) groups is 2. The van der Waals surface area contributed by atoms with Crippen molar-refractivity contribution in [1.29, 1.82) is 0 Å². The van der Waals surface area contributed by atoms with Crippen LogP contribution in [0, 0.1) is 5.41 Å². The second-order valence-electron chi connectivity index (χ2n) is 7.22. The highest BCUT2D eigenvalue weighted by Gasteiger charge is 2.48. The van der Waals surface area contributed by atoms with Gasteiger partial charge in [0.05, 0.1) is 11.8 Å². The van der Waals surface area contributed by atoms with Gasteiger partial charge in [0.1, 0.15) is 6.04 Å². The van der Waals surface area contributed by atoms with Gasteiger partial charge in [0.2, 0.25) is 0 Å². The van der Waals surface area contributed by atoms with Gasteiger partial charge < -0.3 is 10.0 Å². The van der Waals surface area contributed by atoms with Crippen molar-refractivity contribution in [3.63, 3.8) is 0 Å². The molecule has 1 atom stereocenters. The number of carboxylic acid groups (broad SMARTS) is 1. The van der Waals surface area contributed by atoms with Crippen LogP contribution in [-0.2, 0) is 11.8 Å². The molecule has 3 heterocycles. The first kappa shape index (κ1) is 17.0. The average Bonchev–Trinajstić information content (AvgIpc) is 3.13. The normalized spacial score (nSPS) is 23.8. The van der Waals surface area contributed by atoms with Crippen LogP contribution in [0.5, 0.6) is 0 Å². The van der Waals surface area contributed by atoms with E-state index in [2.05, 4.69) is 16.9 Å². The summed E-state index contributed by atoms with van der Waals surface area (Å²) < 4.78 is 1.63. The summed E-state index contributed by atoms with van der Waals surface area (Å²) in [6.07, 6.45) is 6.77. The van der Waals surface area contributed by atoms with Crippen molar-refractivity contribution in [2.75, 3.05) is 26.2 Å². The number of aliphatic carboxylic acids is 1. The van der Waals surface area contributed by atoms with Gasteiger partial charge in [0.15, 0.2) is 0 Å². The van der Waals surface area contributed by atoms with E-state index in [0.717, 1.165) is 32.4 Å². The second kappa shape index (κ2) is 6.55. The SMILES string of the molecule is CCCN1CC2(CCN(C(=O)c3cnn(C)c3)CC2)C[C@H]1C(=O)O. The number of piperidine rings is 1. The molecule has 24 heavy (non-hydrogen) atoms. The summed E-state index contributed by atoms with van der Waals surface area (Å²) in [7, 11) is 1.80. The number of nitrogens with zero attached hydrogens (tertiary/aromatic N) is 4. The quantitative estimate of drug-likeness (QED) is 0.895. The third-order valence-electron chi connectivity index (χ3n) is 5.46. The Kier molecular flexibility index (Phi) is 4.62. The minimum absolute atomic E-state index is 0.0242. The maximum Gasteiger partial charge on any atom is 0.320 e. The molecule has 0 aliphatic carbocycles. The Morgan fingerprint density at radius 2 is 2.08 bits per heavy atom. The first-order valence-electron chi connectivity index (χ1n) is 8.69. The van der Waals surface area contributed by atoms with Crippen molar-refractivity contribution in [3.8, 4) is 0 Å².